The maximum Gasteiger partial charge on any atom is 0.242 e. The first-order chi connectivity index (χ1) is 16.9. The molecule has 35 heavy (non-hydrogen) atoms. The highest BCUT2D eigenvalue weighted by molar-refractivity contribution is 5.88. The van der Waals surface area contributed by atoms with Crippen molar-refractivity contribution in [2.45, 2.75) is 32.4 Å². The van der Waals surface area contributed by atoms with Crippen molar-refractivity contribution in [1.29, 1.82) is 0 Å². The van der Waals surface area contributed by atoms with Crippen molar-refractivity contribution in [3.63, 3.8) is 0 Å². The number of halogens is 1. The maximum absolute atomic E-state index is 13.4. The number of carbonyl (C=O) groups is 2. The summed E-state index contributed by atoms with van der Waals surface area (Å²) in [5, 5.41) is 2.93. The van der Waals surface area contributed by atoms with Crippen LogP contribution < -0.4 is 14.8 Å². The number of nitrogens with one attached hydrogen (secondary N) is 1. The van der Waals surface area contributed by atoms with Crippen LogP contribution in [0.25, 0.3) is 0 Å². The van der Waals surface area contributed by atoms with Crippen molar-refractivity contribution in [3.05, 3.63) is 95.3 Å². The molecule has 0 aromatic heterocycles. The molecule has 0 heterocycles. The van der Waals surface area contributed by atoms with Gasteiger partial charge in [-0.2, -0.15) is 0 Å². The summed E-state index contributed by atoms with van der Waals surface area (Å²) in [4.78, 5) is 27.7. The Kier molecular flexibility index (Phi) is 9.23. The second kappa shape index (κ2) is 12.6. The Morgan fingerprint density at radius 1 is 0.886 bits per heavy atom. The number of rotatable bonds is 11. The average molecular weight is 479 g/mol. The van der Waals surface area contributed by atoms with E-state index in [4.69, 9.17) is 9.47 Å². The number of amides is 2. The molecule has 3 aromatic rings. The van der Waals surface area contributed by atoms with E-state index in [1.165, 1.54) is 17.0 Å². The van der Waals surface area contributed by atoms with Crippen LogP contribution in [-0.4, -0.2) is 43.5 Å². The molecule has 0 aliphatic rings. The Balaban J connectivity index is 1.67. The first-order valence-electron chi connectivity index (χ1n) is 11.5. The Morgan fingerprint density at radius 2 is 1.54 bits per heavy atom. The lowest BCUT2D eigenvalue weighted by Crippen LogP contribution is -2.48. The minimum Gasteiger partial charge on any atom is -0.493 e. The summed E-state index contributed by atoms with van der Waals surface area (Å²) in [6.45, 7) is 2.31. The maximum atomic E-state index is 13.4. The lowest BCUT2D eigenvalue weighted by Gasteiger charge is -2.29. The van der Waals surface area contributed by atoms with Gasteiger partial charge >= 0.3 is 0 Å². The van der Waals surface area contributed by atoms with Crippen LogP contribution in [0.5, 0.6) is 11.5 Å². The van der Waals surface area contributed by atoms with Crippen LogP contribution in [-0.2, 0) is 29.0 Å². The Hall–Kier alpha value is -3.87. The number of benzene rings is 3. The van der Waals surface area contributed by atoms with Crippen molar-refractivity contribution in [3.8, 4) is 11.5 Å². The number of methoxy groups -OCH3 is 2. The number of ether oxygens (including phenoxy) is 2. The first kappa shape index (κ1) is 25.7. The number of carbonyl (C=O) groups excluding carboxylic acids is 2. The zero-order valence-electron chi connectivity index (χ0n) is 20.3. The van der Waals surface area contributed by atoms with Gasteiger partial charge in [0.15, 0.2) is 11.5 Å². The molecule has 2 amide bonds. The van der Waals surface area contributed by atoms with Crippen LogP contribution in [0.3, 0.4) is 0 Å². The molecule has 6 nitrogen and oxygen atoms in total. The van der Waals surface area contributed by atoms with Gasteiger partial charge in [-0.25, -0.2) is 4.39 Å². The predicted molar refractivity (Wildman–Crippen MR) is 133 cm³/mol. The van der Waals surface area contributed by atoms with E-state index in [0.717, 1.165) is 16.7 Å². The third kappa shape index (κ3) is 7.30. The van der Waals surface area contributed by atoms with Crippen molar-refractivity contribution >= 4 is 11.8 Å². The van der Waals surface area contributed by atoms with Gasteiger partial charge in [-0.3, -0.25) is 9.59 Å². The molecule has 3 rings (SSSR count). The minimum atomic E-state index is -0.707. The minimum absolute atomic E-state index is 0.172. The third-order valence-corrected chi connectivity index (χ3v) is 5.79. The van der Waals surface area contributed by atoms with E-state index in [2.05, 4.69) is 5.32 Å². The average Bonchev–Trinajstić information content (AvgIpc) is 2.88. The van der Waals surface area contributed by atoms with Crippen molar-refractivity contribution in [2.75, 3.05) is 20.8 Å². The number of hydrogen-bond acceptors (Lipinski definition) is 4. The summed E-state index contributed by atoms with van der Waals surface area (Å²) >= 11 is 0. The highest BCUT2D eigenvalue weighted by Gasteiger charge is 2.26. The molecular formula is C28H31FN2O4. The van der Waals surface area contributed by atoms with E-state index in [9.17, 15) is 14.0 Å². The van der Waals surface area contributed by atoms with Crippen LogP contribution >= 0.6 is 0 Å². The van der Waals surface area contributed by atoms with Crippen LogP contribution in [0.1, 0.15) is 23.6 Å². The predicted octanol–water partition coefficient (Wildman–Crippen LogP) is 4.16. The first-order valence-corrected chi connectivity index (χ1v) is 11.5. The van der Waals surface area contributed by atoms with E-state index < -0.39 is 6.04 Å². The largest absolute Gasteiger partial charge is 0.493 e. The molecule has 0 spiro atoms. The van der Waals surface area contributed by atoms with Gasteiger partial charge in [-0.05, 0) is 54.3 Å². The molecule has 0 aliphatic heterocycles. The molecule has 0 fully saturated rings. The SMILES string of the molecule is COc1ccc(CCNC(=O)[C@@H](C)N(Cc2ccc(F)cc2)C(=O)Cc2ccccc2)cc1OC. The van der Waals surface area contributed by atoms with E-state index in [-0.39, 0.29) is 30.6 Å². The molecule has 0 unspecified atom stereocenters. The summed E-state index contributed by atoms with van der Waals surface area (Å²) in [6.07, 6.45) is 0.764. The highest BCUT2D eigenvalue weighted by atomic mass is 19.1. The fourth-order valence-electron chi connectivity index (χ4n) is 3.76. The van der Waals surface area contributed by atoms with Gasteiger partial charge in [-0.1, -0.05) is 48.5 Å². The Morgan fingerprint density at radius 3 is 2.20 bits per heavy atom. The van der Waals surface area contributed by atoms with Gasteiger partial charge in [0.2, 0.25) is 11.8 Å². The van der Waals surface area contributed by atoms with Crippen LogP contribution in [0.15, 0.2) is 72.8 Å². The van der Waals surface area contributed by atoms with Crippen molar-refractivity contribution < 1.29 is 23.5 Å². The monoisotopic (exact) mass is 478 g/mol. The van der Waals surface area contributed by atoms with Gasteiger partial charge in [0.25, 0.3) is 0 Å². The van der Waals surface area contributed by atoms with Gasteiger partial charge in [0.05, 0.1) is 20.6 Å². The molecule has 1 N–H and O–H groups in total. The second-order valence-electron chi connectivity index (χ2n) is 8.22. The van der Waals surface area contributed by atoms with Gasteiger partial charge in [0, 0.05) is 13.1 Å². The van der Waals surface area contributed by atoms with E-state index in [1.54, 1.807) is 33.3 Å². The zero-order chi connectivity index (χ0) is 25.2. The van der Waals surface area contributed by atoms with E-state index in [0.29, 0.717) is 24.5 Å². The van der Waals surface area contributed by atoms with E-state index in [1.807, 2.05) is 48.5 Å². The standard InChI is InChI=1S/C28H31FN2O4/c1-20(28(33)30-16-15-22-11-14-25(34-2)26(17-22)35-3)31(19-23-9-12-24(29)13-10-23)27(32)18-21-7-5-4-6-8-21/h4-14,17,20H,15-16,18-19H2,1-3H3,(H,30,33)/t20-/m1/s1. The summed E-state index contributed by atoms with van der Waals surface area (Å²) in [5.41, 5.74) is 2.60. The van der Waals surface area contributed by atoms with E-state index >= 15 is 0 Å². The lowest BCUT2D eigenvalue weighted by atomic mass is 10.1. The van der Waals surface area contributed by atoms with Crippen LogP contribution in [0.4, 0.5) is 4.39 Å². The number of nitrogens with zero attached hydrogens (tertiary/aromatic N) is 1. The topological polar surface area (TPSA) is 67.9 Å². The quantitative estimate of drug-likeness (QED) is 0.449. The van der Waals surface area contributed by atoms with Crippen LogP contribution in [0.2, 0.25) is 0 Å². The second-order valence-corrected chi connectivity index (χ2v) is 8.22. The van der Waals surface area contributed by atoms with Gasteiger partial charge < -0.3 is 19.7 Å². The fourth-order valence-corrected chi connectivity index (χ4v) is 3.76. The molecule has 0 saturated heterocycles. The molecule has 7 heteroatoms. The summed E-state index contributed by atoms with van der Waals surface area (Å²) < 4.78 is 24.0. The number of hydrogen-bond donors (Lipinski definition) is 1. The zero-order valence-corrected chi connectivity index (χ0v) is 20.3. The summed E-state index contributed by atoms with van der Waals surface area (Å²) in [5.74, 6) is 0.484. The molecular weight excluding hydrogens is 447 g/mol. The van der Waals surface area contributed by atoms with Crippen molar-refractivity contribution in [2.24, 2.45) is 0 Å². The van der Waals surface area contributed by atoms with Gasteiger partial charge in [-0.15, -0.1) is 0 Å². The summed E-state index contributed by atoms with van der Waals surface area (Å²) in [6, 6.07) is 20.2. The Bertz CT molecular complexity index is 1120. The Labute approximate surface area is 205 Å². The van der Waals surface area contributed by atoms with Crippen LogP contribution in [0, 0.1) is 5.82 Å². The fraction of sp³-hybridized carbons (Fsp3) is 0.286. The molecule has 0 aliphatic carbocycles. The smallest absolute Gasteiger partial charge is 0.242 e. The molecule has 1 atom stereocenters. The normalized spacial score (nSPS) is 11.4. The summed E-state index contributed by atoms with van der Waals surface area (Å²) in [7, 11) is 3.16. The molecule has 3 aromatic carbocycles. The lowest BCUT2D eigenvalue weighted by molar-refractivity contribution is -0.140. The van der Waals surface area contributed by atoms with Crippen molar-refractivity contribution in [1.82, 2.24) is 10.2 Å². The third-order valence-electron chi connectivity index (χ3n) is 5.79. The molecule has 0 bridgehead atoms. The molecule has 0 radical (unpaired) electrons. The van der Waals surface area contributed by atoms with Gasteiger partial charge in [0.1, 0.15) is 11.9 Å². The highest BCUT2D eigenvalue weighted by Crippen LogP contribution is 2.27. The molecule has 184 valence electrons. The molecule has 0 saturated carbocycles.